The Morgan fingerprint density at radius 3 is 2.50 bits per heavy atom. The van der Waals surface area contributed by atoms with E-state index >= 15 is 0 Å². The fraction of sp³-hybridized carbons (Fsp3) is 0.833. The Bertz CT molecular complexity index is 105. The van der Waals surface area contributed by atoms with Crippen LogP contribution in [0.2, 0.25) is 0 Å². The number of hydrogen-bond donors (Lipinski definition) is 1. The standard InChI is InChI=1S/C6H13NO3/c1-7-6(8)5(10-3)4-9-2/h5H,4H2,1-3H3,(H,7,8)/t5-/m1/s1. The van der Waals surface area contributed by atoms with E-state index in [1.54, 1.807) is 7.05 Å². The lowest BCUT2D eigenvalue weighted by molar-refractivity contribution is -0.133. The van der Waals surface area contributed by atoms with Crippen molar-refractivity contribution >= 4 is 5.91 Å². The third-order valence-electron chi connectivity index (χ3n) is 1.14. The first-order chi connectivity index (χ1) is 4.76. The summed E-state index contributed by atoms with van der Waals surface area (Å²) in [7, 11) is 4.55. The van der Waals surface area contributed by atoms with E-state index in [1.807, 2.05) is 0 Å². The van der Waals surface area contributed by atoms with Crippen LogP contribution in [0.5, 0.6) is 0 Å². The first-order valence-corrected chi connectivity index (χ1v) is 2.99. The van der Waals surface area contributed by atoms with E-state index in [1.165, 1.54) is 14.2 Å². The van der Waals surface area contributed by atoms with Gasteiger partial charge in [-0.1, -0.05) is 0 Å². The molecular weight excluding hydrogens is 134 g/mol. The zero-order valence-corrected chi connectivity index (χ0v) is 6.51. The molecule has 0 rings (SSSR count). The highest BCUT2D eigenvalue weighted by Crippen LogP contribution is 1.89. The molecule has 0 spiro atoms. The fourth-order valence-electron chi connectivity index (χ4n) is 0.563. The van der Waals surface area contributed by atoms with Crippen LogP contribution in [0.3, 0.4) is 0 Å². The maximum Gasteiger partial charge on any atom is 0.251 e. The first-order valence-electron chi connectivity index (χ1n) is 2.99. The third kappa shape index (κ3) is 2.80. The van der Waals surface area contributed by atoms with E-state index in [2.05, 4.69) is 5.32 Å². The van der Waals surface area contributed by atoms with E-state index < -0.39 is 6.10 Å². The summed E-state index contributed by atoms with van der Waals surface area (Å²) in [4.78, 5) is 10.8. The zero-order valence-electron chi connectivity index (χ0n) is 6.51. The first kappa shape index (κ1) is 9.39. The van der Waals surface area contributed by atoms with Crippen LogP contribution in [0.4, 0.5) is 0 Å². The van der Waals surface area contributed by atoms with Crippen LogP contribution < -0.4 is 5.32 Å². The maximum absolute atomic E-state index is 10.8. The summed E-state index contributed by atoms with van der Waals surface area (Å²) in [5.74, 6) is -0.163. The van der Waals surface area contributed by atoms with Crippen LogP contribution in [0.25, 0.3) is 0 Å². The highest BCUT2D eigenvalue weighted by molar-refractivity contribution is 5.80. The molecule has 0 aromatic heterocycles. The van der Waals surface area contributed by atoms with E-state index in [0.29, 0.717) is 0 Å². The minimum atomic E-state index is -0.491. The number of rotatable bonds is 4. The molecule has 0 unspecified atom stereocenters. The van der Waals surface area contributed by atoms with Gasteiger partial charge in [-0.25, -0.2) is 0 Å². The molecule has 0 saturated carbocycles. The summed E-state index contributed by atoms with van der Waals surface area (Å²) >= 11 is 0. The number of nitrogens with one attached hydrogen (secondary N) is 1. The Balaban J connectivity index is 3.68. The lowest BCUT2D eigenvalue weighted by Gasteiger charge is -2.11. The minimum Gasteiger partial charge on any atom is -0.381 e. The van der Waals surface area contributed by atoms with Crippen molar-refractivity contribution < 1.29 is 14.3 Å². The van der Waals surface area contributed by atoms with Gasteiger partial charge in [0, 0.05) is 21.3 Å². The van der Waals surface area contributed by atoms with Gasteiger partial charge in [-0.15, -0.1) is 0 Å². The molecule has 0 saturated heterocycles. The molecule has 0 aromatic rings. The molecule has 10 heavy (non-hydrogen) atoms. The summed E-state index contributed by atoms with van der Waals surface area (Å²) in [6, 6.07) is 0. The molecule has 1 N–H and O–H groups in total. The second-order valence-electron chi connectivity index (χ2n) is 1.79. The van der Waals surface area contributed by atoms with Gasteiger partial charge < -0.3 is 14.8 Å². The second kappa shape index (κ2) is 5.20. The topological polar surface area (TPSA) is 47.6 Å². The van der Waals surface area contributed by atoms with Crippen LogP contribution in [-0.4, -0.2) is 39.9 Å². The van der Waals surface area contributed by atoms with Crippen LogP contribution in [0.15, 0.2) is 0 Å². The average molecular weight is 147 g/mol. The van der Waals surface area contributed by atoms with Gasteiger partial charge in [0.15, 0.2) is 6.10 Å². The highest BCUT2D eigenvalue weighted by atomic mass is 16.5. The number of hydrogen-bond acceptors (Lipinski definition) is 3. The predicted octanol–water partition coefficient (Wildman–Crippen LogP) is -0.606. The normalized spacial score (nSPS) is 12.7. The van der Waals surface area contributed by atoms with E-state index in [4.69, 9.17) is 9.47 Å². The number of carbonyl (C=O) groups is 1. The molecule has 4 nitrogen and oxygen atoms in total. The lowest BCUT2D eigenvalue weighted by atomic mass is 10.3. The van der Waals surface area contributed by atoms with Crippen molar-refractivity contribution in [1.29, 1.82) is 0 Å². The minimum absolute atomic E-state index is 0.163. The molecule has 0 bridgehead atoms. The van der Waals surface area contributed by atoms with E-state index in [0.717, 1.165) is 0 Å². The Hall–Kier alpha value is -0.610. The zero-order chi connectivity index (χ0) is 7.98. The molecule has 0 aliphatic carbocycles. The fourth-order valence-corrected chi connectivity index (χ4v) is 0.563. The van der Waals surface area contributed by atoms with Crippen molar-refractivity contribution in [3.05, 3.63) is 0 Å². The van der Waals surface area contributed by atoms with Gasteiger partial charge in [0.2, 0.25) is 0 Å². The largest absolute Gasteiger partial charge is 0.381 e. The number of likely N-dealkylation sites (N-methyl/N-ethyl adjacent to an activating group) is 1. The molecule has 0 heterocycles. The van der Waals surface area contributed by atoms with Crippen molar-refractivity contribution in [2.75, 3.05) is 27.9 Å². The Morgan fingerprint density at radius 2 is 2.20 bits per heavy atom. The van der Waals surface area contributed by atoms with Gasteiger partial charge in [-0.2, -0.15) is 0 Å². The van der Waals surface area contributed by atoms with Gasteiger partial charge >= 0.3 is 0 Å². The molecule has 60 valence electrons. The quantitative estimate of drug-likeness (QED) is 0.577. The summed E-state index contributed by atoms with van der Waals surface area (Å²) in [6.07, 6.45) is -0.491. The van der Waals surface area contributed by atoms with Crippen molar-refractivity contribution in [2.45, 2.75) is 6.10 Å². The molecule has 1 amide bonds. The molecule has 0 radical (unpaired) electrons. The maximum atomic E-state index is 10.8. The molecule has 4 heteroatoms. The summed E-state index contributed by atoms with van der Waals surface area (Å²) in [6.45, 7) is 0.288. The van der Waals surface area contributed by atoms with Gasteiger partial charge in [0.1, 0.15) is 0 Å². The van der Waals surface area contributed by atoms with Gasteiger partial charge in [-0.05, 0) is 0 Å². The van der Waals surface area contributed by atoms with Gasteiger partial charge in [-0.3, -0.25) is 4.79 Å². The van der Waals surface area contributed by atoms with Gasteiger partial charge in [0.05, 0.1) is 6.61 Å². The van der Waals surface area contributed by atoms with Crippen molar-refractivity contribution in [3.63, 3.8) is 0 Å². The summed E-state index contributed by atoms with van der Waals surface area (Å²) in [5, 5.41) is 2.46. The van der Waals surface area contributed by atoms with Crippen molar-refractivity contribution in [3.8, 4) is 0 Å². The number of amides is 1. The molecule has 1 atom stereocenters. The second-order valence-corrected chi connectivity index (χ2v) is 1.79. The Morgan fingerprint density at radius 1 is 1.60 bits per heavy atom. The SMILES string of the molecule is CNC(=O)[C@@H](COC)OC. The van der Waals surface area contributed by atoms with Gasteiger partial charge in [0.25, 0.3) is 5.91 Å². The van der Waals surface area contributed by atoms with Crippen LogP contribution in [0.1, 0.15) is 0 Å². The third-order valence-corrected chi connectivity index (χ3v) is 1.14. The van der Waals surface area contributed by atoms with E-state index in [-0.39, 0.29) is 12.5 Å². The monoisotopic (exact) mass is 147 g/mol. The van der Waals surface area contributed by atoms with Crippen molar-refractivity contribution in [2.24, 2.45) is 0 Å². The Labute approximate surface area is 60.5 Å². The summed E-state index contributed by atoms with van der Waals surface area (Å²) in [5.41, 5.74) is 0. The smallest absolute Gasteiger partial charge is 0.251 e. The van der Waals surface area contributed by atoms with Crippen LogP contribution in [-0.2, 0) is 14.3 Å². The van der Waals surface area contributed by atoms with Crippen LogP contribution in [0, 0.1) is 0 Å². The molecule has 0 aliphatic heterocycles. The highest BCUT2D eigenvalue weighted by Gasteiger charge is 2.14. The molecule has 0 fully saturated rings. The average Bonchev–Trinajstić information content (AvgIpc) is 1.99. The Kier molecular flexibility index (Phi) is 4.88. The number of ether oxygens (including phenoxy) is 2. The lowest BCUT2D eigenvalue weighted by Crippen LogP contribution is -2.36. The van der Waals surface area contributed by atoms with Crippen molar-refractivity contribution in [1.82, 2.24) is 5.32 Å². The predicted molar refractivity (Wildman–Crippen MR) is 36.7 cm³/mol. The number of carbonyl (C=O) groups excluding carboxylic acids is 1. The van der Waals surface area contributed by atoms with Crippen LogP contribution >= 0.6 is 0 Å². The molecular formula is C6H13NO3. The summed E-state index contributed by atoms with van der Waals surface area (Å²) < 4.78 is 9.54. The van der Waals surface area contributed by atoms with E-state index in [9.17, 15) is 4.79 Å². The molecule has 0 aliphatic rings. The number of methoxy groups -OCH3 is 2. The molecule has 0 aromatic carbocycles.